The number of hydrogen-bond donors (Lipinski definition) is 4. The molecule has 316 valence electrons. The van der Waals surface area contributed by atoms with Crippen LogP contribution in [0, 0.1) is 0 Å². The molecular weight excluding hydrogens is 696 g/mol. The second kappa shape index (κ2) is 23.5. The average Bonchev–Trinajstić information content (AvgIpc) is 3.63. The topological polar surface area (TPSA) is 198 Å². The quantitative estimate of drug-likeness (QED) is 0.0820. The van der Waals surface area contributed by atoms with Crippen LogP contribution in [0.3, 0.4) is 0 Å². The highest BCUT2D eigenvalue weighted by atomic mass is 17.1. The van der Waals surface area contributed by atoms with Crippen LogP contribution >= 0.6 is 0 Å². The van der Waals surface area contributed by atoms with Crippen molar-refractivity contribution in [2.24, 2.45) is 0 Å². The van der Waals surface area contributed by atoms with Crippen LogP contribution in [-0.2, 0) is 52.4 Å². The molecule has 0 aromatic rings. The first-order chi connectivity index (χ1) is 24.6. The molecule has 53 heavy (non-hydrogen) atoms. The summed E-state index contributed by atoms with van der Waals surface area (Å²) in [6.45, 7) is 24.6. The summed E-state index contributed by atoms with van der Waals surface area (Å²) in [5, 5.41) is 42.8. The van der Waals surface area contributed by atoms with E-state index in [1.165, 1.54) is 14.2 Å². The molecule has 4 N–H and O–H groups in total. The minimum absolute atomic E-state index is 0.00112. The molecule has 2 fully saturated rings. The summed E-state index contributed by atoms with van der Waals surface area (Å²) in [5.41, 5.74) is -3.55. The largest absolute Gasteiger partial charge is 0.467 e. The predicted molar refractivity (Wildman–Crippen MR) is 197 cm³/mol. The number of carbonyl (C=O) groups excluding carboxylic acids is 2. The van der Waals surface area contributed by atoms with Gasteiger partial charge in [-0.25, -0.2) is 14.5 Å². The summed E-state index contributed by atoms with van der Waals surface area (Å²) in [6.07, 6.45) is -8.46. The van der Waals surface area contributed by atoms with Crippen LogP contribution in [0.2, 0.25) is 0 Å². The highest BCUT2D eigenvalue weighted by Crippen LogP contribution is 2.35. The maximum absolute atomic E-state index is 12.9. The number of hydrogen-bond acceptors (Lipinski definition) is 15. The molecule has 2 heterocycles. The van der Waals surface area contributed by atoms with E-state index >= 15 is 0 Å². The van der Waals surface area contributed by atoms with Crippen molar-refractivity contribution in [2.45, 2.75) is 199 Å². The Morgan fingerprint density at radius 1 is 0.887 bits per heavy atom. The zero-order chi connectivity index (χ0) is 41.4. The van der Waals surface area contributed by atoms with Gasteiger partial charge in [-0.1, -0.05) is 27.7 Å². The van der Waals surface area contributed by atoms with E-state index in [2.05, 4.69) is 4.89 Å². The fraction of sp³-hybridized carbons (Fsp3) is 0.947. The summed E-state index contributed by atoms with van der Waals surface area (Å²) in [7, 11) is 2.63. The molecule has 0 spiro atoms. The van der Waals surface area contributed by atoms with E-state index in [9.17, 15) is 30.2 Å². The van der Waals surface area contributed by atoms with Gasteiger partial charge in [-0.15, -0.1) is 0 Å². The third kappa shape index (κ3) is 17.0. The molecule has 0 aromatic heterocycles. The maximum atomic E-state index is 12.9. The number of aliphatic hydroxyl groups excluding tert-OH is 3. The Morgan fingerprint density at radius 2 is 1.49 bits per heavy atom. The fourth-order valence-electron chi connectivity index (χ4n) is 5.75. The molecule has 7 unspecified atom stereocenters. The molecule has 15 heteroatoms. The van der Waals surface area contributed by atoms with Gasteiger partial charge in [0.05, 0.1) is 48.3 Å². The number of carbonyl (C=O) groups is 2. The number of esters is 2. The van der Waals surface area contributed by atoms with Gasteiger partial charge in [0.1, 0.15) is 37.1 Å². The SMILES string of the molecule is CC.CC.COC(=O)C1OC(C(C)(C)OC)C(O)C(O)[C@@H]1OC(C)(C)CCOC(C)(C)CCC(O)[C@H](OC(C)(C)C)C(OO)C(=O)OCC1CCCO1. The van der Waals surface area contributed by atoms with Crippen molar-refractivity contribution >= 4 is 11.9 Å². The van der Waals surface area contributed by atoms with Gasteiger partial charge in [0.25, 0.3) is 0 Å². The lowest BCUT2D eigenvalue weighted by Gasteiger charge is -2.48. The Labute approximate surface area is 318 Å². The Balaban J connectivity index is 0.00000652. The minimum Gasteiger partial charge on any atom is -0.467 e. The van der Waals surface area contributed by atoms with Gasteiger partial charge in [0.2, 0.25) is 6.10 Å². The Bertz CT molecular complexity index is 1020. The van der Waals surface area contributed by atoms with Gasteiger partial charge in [-0.05, 0) is 94.4 Å². The second-order valence-corrected chi connectivity index (χ2v) is 15.6. The summed E-state index contributed by atoms with van der Waals surface area (Å²) in [4.78, 5) is 30.1. The summed E-state index contributed by atoms with van der Waals surface area (Å²) < 4.78 is 45.4. The molecule has 0 amide bonds. The number of rotatable bonds is 19. The summed E-state index contributed by atoms with van der Waals surface area (Å²) in [5.74, 6) is -1.64. The first kappa shape index (κ1) is 51.5. The van der Waals surface area contributed by atoms with Gasteiger partial charge >= 0.3 is 11.9 Å². The van der Waals surface area contributed by atoms with Crippen molar-refractivity contribution in [3.05, 3.63) is 0 Å². The molecule has 0 radical (unpaired) electrons. The number of ether oxygens (including phenoxy) is 8. The Morgan fingerprint density at radius 3 is 1.98 bits per heavy atom. The smallest absolute Gasteiger partial charge is 0.341 e. The standard InChI is InChI=1S/C34H62O15.2C2H6/c1-31(2,3)47-24(27(49-40)30(39)44-19-20-13-12-17-43-20)21(35)14-15-32(4,5)45-18-16-33(6,7)48-25-22(36)23(37)28(34(8,9)42-11)46-26(25)29(38)41-10;2*1-2/h20-28,35-37,40H,12-19H2,1-11H3;2*1-2H3/t20?,21?,22?,23?,24-,25-,26?,27?,28?;;/m0../s1. The molecule has 0 aliphatic carbocycles. The number of methoxy groups -OCH3 is 2. The highest BCUT2D eigenvalue weighted by molar-refractivity contribution is 5.76. The lowest BCUT2D eigenvalue weighted by atomic mass is 9.86. The lowest BCUT2D eigenvalue weighted by Crippen LogP contribution is -2.66. The molecule has 2 rings (SSSR count). The van der Waals surface area contributed by atoms with Crippen LogP contribution in [0.25, 0.3) is 0 Å². The van der Waals surface area contributed by atoms with Crippen molar-refractivity contribution in [2.75, 3.05) is 34.0 Å². The van der Waals surface area contributed by atoms with E-state index < -0.39 is 83.2 Å². The van der Waals surface area contributed by atoms with Crippen molar-refractivity contribution in [1.29, 1.82) is 0 Å². The second-order valence-electron chi connectivity index (χ2n) is 15.6. The third-order valence-electron chi connectivity index (χ3n) is 8.88. The summed E-state index contributed by atoms with van der Waals surface area (Å²) >= 11 is 0. The van der Waals surface area contributed by atoms with E-state index in [4.69, 9.17) is 37.9 Å². The average molecular weight is 771 g/mol. The first-order valence-electron chi connectivity index (χ1n) is 19.0. The van der Waals surface area contributed by atoms with Crippen LogP contribution in [0.15, 0.2) is 0 Å². The zero-order valence-electron chi connectivity index (χ0n) is 35.1. The molecule has 0 saturated carbocycles. The fourth-order valence-corrected chi connectivity index (χ4v) is 5.75. The monoisotopic (exact) mass is 771 g/mol. The van der Waals surface area contributed by atoms with Gasteiger partial charge in [0.15, 0.2) is 6.10 Å². The Kier molecular flexibility index (Phi) is 22.9. The van der Waals surface area contributed by atoms with Gasteiger partial charge in [-0.2, -0.15) is 0 Å². The zero-order valence-corrected chi connectivity index (χ0v) is 35.1. The summed E-state index contributed by atoms with van der Waals surface area (Å²) in [6, 6.07) is 0. The predicted octanol–water partition coefficient (Wildman–Crippen LogP) is 4.38. The van der Waals surface area contributed by atoms with Crippen molar-refractivity contribution < 1.29 is 72.9 Å². The van der Waals surface area contributed by atoms with Crippen LogP contribution < -0.4 is 0 Å². The van der Waals surface area contributed by atoms with Crippen molar-refractivity contribution in [1.82, 2.24) is 0 Å². The number of aliphatic hydroxyl groups is 3. The van der Waals surface area contributed by atoms with Gasteiger partial charge in [0, 0.05) is 13.7 Å². The third-order valence-corrected chi connectivity index (χ3v) is 8.88. The van der Waals surface area contributed by atoms with Crippen LogP contribution in [0.4, 0.5) is 0 Å². The van der Waals surface area contributed by atoms with Crippen LogP contribution in [-0.4, -0.2) is 144 Å². The van der Waals surface area contributed by atoms with E-state index in [1.54, 1.807) is 48.5 Å². The van der Waals surface area contributed by atoms with Crippen LogP contribution in [0.5, 0.6) is 0 Å². The molecule has 2 aliphatic rings. The molecule has 0 aromatic carbocycles. The molecule has 9 atom stereocenters. The lowest BCUT2D eigenvalue weighted by molar-refractivity contribution is -0.312. The van der Waals surface area contributed by atoms with Crippen molar-refractivity contribution in [3.63, 3.8) is 0 Å². The van der Waals surface area contributed by atoms with E-state index in [0.29, 0.717) is 19.4 Å². The van der Waals surface area contributed by atoms with Gasteiger partial charge in [-0.3, -0.25) is 5.26 Å². The molecule has 2 saturated heterocycles. The Hall–Kier alpha value is -1.50. The maximum Gasteiger partial charge on any atom is 0.341 e. The van der Waals surface area contributed by atoms with Crippen molar-refractivity contribution in [3.8, 4) is 0 Å². The highest BCUT2D eigenvalue weighted by Gasteiger charge is 2.54. The van der Waals surface area contributed by atoms with E-state index in [-0.39, 0.29) is 25.7 Å². The molecule has 0 bridgehead atoms. The minimum atomic E-state index is -1.60. The normalized spacial score (nSPS) is 25.6. The van der Waals surface area contributed by atoms with Crippen LogP contribution in [0.1, 0.15) is 122 Å². The van der Waals surface area contributed by atoms with Gasteiger partial charge < -0.3 is 53.2 Å². The van der Waals surface area contributed by atoms with E-state index in [1.807, 2.05) is 41.5 Å². The molecule has 15 nitrogen and oxygen atoms in total. The van der Waals surface area contributed by atoms with E-state index in [0.717, 1.165) is 12.8 Å². The first-order valence-corrected chi connectivity index (χ1v) is 19.0. The molecular formula is C38H74O15. The molecule has 2 aliphatic heterocycles.